The number of hydrogen-bond acceptors (Lipinski definition) is 0. The third-order valence-corrected chi connectivity index (χ3v) is 3.97. The topological polar surface area (TPSA) is 0 Å². The highest BCUT2D eigenvalue weighted by atomic mass is 127. The number of alkyl halides is 1. The van der Waals surface area contributed by atoms with Gasteiger partial charge in [0.15, 0.2) is 0 Å². The average molecular weight is 348 g/mol. The number of aryl methyl sites for hydroxylation is 2. The van der Waals surface area contributed by atoms with Crippen molar-refractivity contribution >= 4 is 34.2 Å². The molecule has 18 heavy (non-hydrogen) atoms. The van der Waals surface area contributed by atoms with Crippen LogP contribution in [0.2, 0.25) is 0 Å². The lowest BCUT2D eigenvalue weighted by atomic mass is 9.98. The Balaban J connectivity index is 2.47. The van der Waals surface area contributed by atoms with Crippen LogP contribution in [0.15, 0.2) is 48.5 Å². The van der Waals surface area contributed by atoms with Crippen LogP contribution in [0.3, 0.4) is 0 Å². The van der Waals surface area contributed by atoms with Gasteiger partial charge in [-0.1, -0.05) is 77.2 Å². The second-order valence-electron chi connectivity index (χ2n) is 4.47. The first-order valence-electron chi connectivity index (χ1n) is 6.10. The molecule has 0 aliphatic rings. The Bertz CT molecular complexity index is 567. The molecule has 0 radical (unpaired) electrons. The lowest BCUT2D eigenvalue weighted by Gasteiger charge is -2.09. The molecule has 0 N–H and O–H groups in total. The predicted molar refractivity (Wildman–Crippen MR) is 89.1 cm³/mol. The van der Waals surface area contributed by atoms with Gasteiger partial charge < -0.3 is 0 Å². The highest BCUT2D eigenvalue weighted by Crippen LogP contribution is 2.24. The van der Waals surface area contributed by atoms with Gasteiger partial charge in [0.1, 0.15) is 0 Å². The molecule has 0 unspecified atom stereocenters. The molecule has 0 saturated carbocycles. The molecule has 0 atom stereocenters. The van der Waals surface area contributed by atoms with E-state index in [0.29, 0.717) is 0 Å². The zero-order valence-corrected chi connectivity index (χ0v) is 12.9. The van der Waals surface area contributed by atoms with Crippen LogP contribution in [0.4, 0.5) is 0 Å². The molecule has 2 aromatic rings. The molecule has 0 amide bonds. The van der Waals surface area contributed by atoms with Crippen LogP contribution in [0.1, 0.15) is 22.3 Å². The van der Waals surface area contributed by atoms with Crippen molar-refractivity contribution in [3.8, 4) is 0 Å². The van der Waals surface area contributed by atoms with Gasteiger partial charge in [-0.3, -0.25) is 0 Å². The SMILES string of the molecule is Cc1ccccc1/C=C(/CI)c1ccccc1C. The molecule has 0 nitrogen and oxygen atoms in total. The van der Waals surface area contributed by atoms with E-state index in [1.54, 1.807) is 0 Å². The van der Waals surface area contributed by atoms with Crippen molar-refractivity contribution in [1.29, 1.82) is 0 Å². The molecular weight excluding hydrogens is 331 g/mol. The van der Waals surface area contributed by atoms with Crippen LogP contribution in [-0.4, -0.2) is 4.43 Å². The molecule has 92 valence electrons. The van der Waals surface area contributed by atoms with E-state index in [2.05, 4.69) is 91.0 Å². The standard InChI is InChI=1S/C17H17I/c1-13-7-3-5-9-15(13)11-16(12-18)17-10-6-4-8-14(17)2/h3-11H,12H2,1-2H3/b16-11-. The Labute approximate surface area is 123 Å². The molecule has 0 fully saturated rings. The van der Waals surface area contributed by atoms with Gasteiger partial charge in [0.05, 0.1) is 0 Å². The summed E-state index contributed by atoms with van der Waals surface area (Å²) in [4.78, 5) is 0. The van der Waals surface area contributed by atoms with E-state index in [0.717, 1.165) is 4.43 Å². The van der Waals surface area contributed by atoms with Crippen molar-refractivity contribution in [2.75, 3.05) is 4.43 Å². The van der Waals surface area contributed by atoms with Crippen molar-refractivity contribution in [3.63, 3.8) is 0 Å². The lowest BCUT2D eigenvalue weighted by Crippen LogP contribution is -1.90. The molecule has 1 heteroatoms. The number of allylic oxidation sites excluding steroid dienone is 1. The maximum atomic E-state index is 2.44. The zero-order chi connectivity index (χ0) is 13.0. The summed E-state index contributed by atoms with van der Waals surface area (Å²) in [6, 6.07) is 17.1. The molecule has 2 rings (SSSR count). The van der Waals surface area contributed by atoms with E-state index >= 15 is 0 Å². The van der Waals surface area contributed by atoms with Gasteiger partial charge in [0, 0.05) is 4.43 Å². The molecule has 0 bridgehead atoms. The van der Waals surface area contributed by atoms with Crippen LogP contribution in [-0.2, 0) is 0 Å². The number of benzene rings is 2. The van der Waals surface area contributed by atoms with Crippen molar-refractivity contribution in [2.24, 2.45) is 0 Å². The van der Waals surface area contributed by atoms with Crippen molar-refractivity contribution in [1.82, 2.24) is 0 Å². The number of hydrogen-bond donors (Lipinski definition) is 0. The first-order valence-corrected chi connectivity index (χ1v) is 7.63. The molecule has 0 heterocycles. The zero-order valence-electron chi connectivity index (χ0n) is 10.8. The average Bonchev–Trinajstić information content (AvgIpc) is 2.39. The molecule has 0 aliphatic carbocycles. The first kappa shape index (κ1) is 13.3. The third-order valence-electron chi connectivity index (χ3n) is 3.15. The van der Waals surface area contributed by atoms with Crippen LogP contribution in [0.25, 0.3) is 11.6 Å². The maximum absolute atomic E-state index is 2.44. The smallest absolute Gasteiger partial charge is 0.0253 e. The van der Waals surface area contributed by atoms with Crippen LogP contribution in [0.5, 0.6) is 0 Å². The summed E-state index contributed by atoms with van der Waals surface area (Å²) in [5, 5.41) is 0. The summed E-state index contributed by atoms with van der Waals surface area (Å²) < 4.78 is 1.02. The van der Waals surface area contributed by atoms with Crippen molar-refractivity contribution in [2.45, 2.75) is 13.8 Å². The van der Waals surface area contributed by atoms with Crippen molar-refractivity contribution in [3.05, 3.63) is 70.8 Å². The van der Waals surface area contributed by atoms with Gasteiger partial charge in [-0.25, -0.2) is 0 Å². The summed E-state index contributed by atoms with van der Waals surface area (Å²) in [5.41, 5.74) is 6.73. The predicted octanol–water partition coefficient (Wildman–Crippen LogP) is 5.28. The molecule has 0 spiro atoms. The van der Waals surface area contributed by atoms with Gasteiger partial charge in [-0.05, 0) is 41.7 Å². The Hall–Kier alpha value is -1.09. The minimum Gasteiger partial charge on any atom is -0.0812 e. The maximum Gasteiger partial charge on any atom is 0.0253 e. The largest absolute Gasteiger partial charge is 0.0812 e. The quantitative estimate of drug-likeness (QED) is 0.402. The van der Waals surface area contributed by atoms with Crippen LogP contribution < -0.4 is 0 Å². The van der Waals surface area contributed by atoms with Gasteiger partial charge in [0.2, 0.25) is 0 Å². The number of rotatable bonds is 3. The van der Waals surface area contributed by atoms with Crippen LogP contribution >= 0.6 is 22.6 Å². The highest BCUT2D eigenvalue weighted by molar-refractivity contribution is 14.1. The second kappa shape index (κ2) is 6.19. The summed E-state index contributed by atoms with van der Waals surface area (Å²) in [7, 11) is 0. The Kier molecular flexibility index (Phi) is 4.59. The molecule has 2 aromatic carbocycles. The summed E-state index contributed by atoms with van der Waals surface area (Å²) in [6.07, 6.45) is 2.31. The van der Waals surface area contributed by atoms with Gasteiger partial charge >= 0.3 is 0 Å². The fourth-order valence-corrected chi connectivity index (χ4v) is 2.69. The van der Waals surface area contributed by atoms with Gasteiger partial charge in [0.25, 0.3) is 0 Å². The first-order chi connectivity index (χ1) is 8.72. The Morgan fingerprint density at radius 3 is 2.17 bits per heavy atom. The summed E-state index contributed by atoms with van der Waals surface area (Å²) >= 11 is 2.44. The van der Waals surface area contributed by atoms with Crippen molar-refractivity contribution < 1.29 is 0 Å². The number of halogens is 1. The molecule has 0 saturated heterocycles. The molecule has 0 aliphatic heterocycles. The van der Waals surface area contributed by atoms with E-state index in [1.807, 2.05) is 0 Å². The summed E-state index contributed by atoms with van der Waals surface area (Å²) in [5.74, 6) is 0. The van der Waals surface area contributed by atoms with E-state index in [9.17, 15) is 0 Å². The van der Waals surface area contributed by atoms with E-state index in [1.165, 1.54) is 27.8 Å². The van der Waals surface area contributed by atoms with Crippen LogP contribution in [0, 0.1) is 13.8 Å². The van der Waals surface area contributed by atoms with E-state index in [-0.39, 0.29) is 0 Å². The Morgan fingerprint density at radius 1 is 0.944 bits per heavy atom. The normalized spacial score (nSPS) is 11.6. The third kappa shape index (κ3) is 3.02. The fourth-order valence-electron chi connectivity index (χ4n) is 2.06. The summed E-state index contributed by atoms with van der Waals surface area (Å²) in [6.45, 7) is 4.34. The van der Waals surface area contributed by atoms with Gasteiger partial charge in [-0.15, -0.1) is 0 Å². The molecule has 0 aromatic heterocycles. The highest BCUT2D eigenvalue weighted by Gasteiger charge is 2.04. The van der Waals surface area contributed by atoms with Gasteiger partial charge in [-0.2, -0.15) is 0 Å². The monoisotopic (exact) mass is 348 g/mol. The second-order valence-corrected chi connectivity index (χ2v) is 5.24. The minimum absolute atomic E-state index is 1.02. The fraction of sp³-hybridized carbons (Fsp3) is 0.176. The minimum atomic E-state index is 1.02. The molecular formula is C17H17I. The van der Waals surface area contributed by atoms with E-state index < -0.39 is 0 Å². The Morgan fingerprint density at radius 2 is 1.56 bits per heavy atom. The lowest BCUT2D eigenvalue weighted by molar-refractivity contribution is 1.41. The van der Waals surface area contributed by atoms with E-state index in [4.69, 9.17) is 0 Å².